The van der Waals surface area contributed by atoms with Gasteiger partial charge >= 0.3 is 11.8 Å². The molecule has 4 aromatic carbocycles. The Hall–Kier alpha value is -5.24. The molecule has 8 nitrogen and oxygen atoms in total. The zero-order chi connectivity index (χ0) is 30.4. The van der Waals surface area contributed by atoms with Gasteiger partial charge in [-0.15, -0.1) is 0 Å². The molecule has 4 amide bonds. The van der Waals surface area contributed by atoms with Gasteiger partial charge in [0.2, 0.25) is 5.91 Å². The number of benzene rings is 4. The Balaban J connectivity index is 1.14. The maximum absolute atomic E-state index is 13.4. The summed E-state index contributed by atoms with van der Waals surface area (Å²) in [5, 5.41) is 13.4. The van der Waals surface area contributed by atoms with Crippen LogP contribution < -0.4 is 21.3 Å². The van der Waals surface area contributed by atoms with Gasteiger partial charge in [0.1, 0.15) is 0 Å². The molecule has 0 radical (unpaired) electrons. The predicted octanol–water partition coefficient (Wildman–Crippen LogP) is 4.80. The van der Waals surface area contributed by atoms with Gasteiger partial charge in [0.05, 0.1) is 5.54 Å². The molecule has 0 aromatic heterocycles. The molecule has 4 N–H and O–H groups in total. The van der Waals surface area contributed by atoms with Crippen LogP contribution >= 0.6 is 0 Å². The summed E-state index contributed by atoms with van der Waals surface area (Å²) in [7, 11) is 0. The van der Waals surface area contributed by atoms with Crippen LogP contribution in [0.2, 0.25) is 0 Å². The van der Waals surface area contributed by atoms with Gasteiger partial charge in [-0.1, -0.05) is 84.9 Å². The third-order valence-corrected chi connectivity index (χ3v) is 7.69. The average Bonchev–Trinajstić information content (AvgIpc) is 3.79. The average molecular weight is 575 g/mol. The highest BCUT2D eigenvalue weighted by Gasteiger charge is 2.46. The topological polar surface area (TPSA) is 116 Å². The zero-order valence-corrected chi connectivity index (χ0v) is 24.2. The molecule has 0 aliphatic heterocycles. The zero-order valence-electron chi connectivity index (χ0n) is 24.2. The van der Waals surface area contributed by atoms with Crippen LogP contribution in [-0.2, 0) is 26.5 Å². The van der Waals surface area contributed by atoms with E-state index in [-0.39, 0.29) is 24.9 Å². The predicted molar refractivity (Wildman–Crippen MR) is 167 cm³/mol. The van der Waals surface area contributed by atoms with E-state index in [9.17, 15) is 19.2 Å². The summed E-state index contributed by atoms with van der Waals surface area (Å²) in [5.41, 5.74) is 4.33. The number of para-hydroxylation sites is 1. The summed E-state index contributed by atoms with van der Waals surface area (Å²) in [6, 6.07) is 27.0. The molecule has 0 saturated heterocycles. The Morgan fingerprint density at radius 1 is 0.767 bits per heavy atom. The molecule has 0 bridgehead atoms. The summed E-state index contributed by atoms with van der Waals surface area (Å²) in [6.07, 6.45) is 4.46. The lowest BCUT2D eigenvalue weighted by Crippen LogP contribution is -2.40. The molecular formula is C35H34N4O4. The van der Waals surface area contributed by atoms with Gasteiger partial charge in [-0.3, -0.25) is 19.2 Å². The van der Waals surface area contributed by atoms with E-state index < -0.39 is 17.4 Å². The first-order valence-corrected chi connectivity index (χ1v) is 14.3. The second-order valence-corrected chi connectivity index (χ2v) is 10.8. The molecular weight excluding hydrogens is 540 g/mol. The van der Waals surface area contributed by atoms with Crippen molar-refractivity contribution in [2.45, 2.75) is 38.8 Å². The molecule has 0 spiro atoms. The van der Waals surface area contributed by atoms with E-state index in [2.05, 4.69) is 45.5 Å². The number of aryl methyl sites for hydroxylation is 2. The molecule has 218 valence electrons. The van der Waals surface area contributed by atoms with E-state index in [1.165, 1.54) is 12.2 Å². The van der Waals surface area contributed by atoms with Crippen LogP contribution in [0.4, 0.5) is 5.69 Å². The van der Waals surface area contributed by atoms with E-state index in [0.29, 0.717) is 11.1 Å². The Kier molecular flexibility index (Phi) is 8.66. The number of rotatable bonds is 9. The number of hydrogen-bond acceptors (Lipinski definition) is 4. The number of carbonyl (C=O) groups is 4. The Morgan fingerprint density at radius 2 is 1.42 bits per heavy atom. The Labute approximate surface area is 250 Å². The molecule has 4 aromatic rings. The van der Waals surface area contributed by atoms with Crippen molar-refractivity contribution in [2.75, 3.05) is 11.9 Å². The minimum Gasteiger partial charge on any atom is -0.344 e. The molecule has 43 heavy (non-hydrogen) atoms. The van der Waals surface area contributed by atoms with E-state index in [1.807, 2.05) is 50.2 Å². The quantitative estimate of drug-likeness (QED) is 0.170. The highest BCUT2D eigenvalue weighted by molar-refractivity contribution is 6.35. The molecule has 0 unspecified atom stereocenters. The molecule has 0 atom stereocenters. The van der Waals surface area contributed by atoms with Gasteiger partial charge < -0.3 is 21.3 Å². The van der Waals surface area contributed by atoms with Crippen LogP contribution in [0.5, 0.6) is 0 Å². The monoisotopic (exact) mass is 574 g/mol. The first kappa shape index (κ1) is 29.3. The van der Waals surface area contributed by atoms with Crippen LogP contribution in [0.15, 0.2) is 97.1 Å². The molecule has 5 rings (SSSR count). The third kappa shape index (κ3) is 6.81. The normalized spacial score (nSPS) is 13.3. The number of anilines is 1. The summed E-state index contributed by atoms with van der Waals surface area (Å²) < 4.78 is 0. The number of nitrogens with one attached hydrogen (secondary N) is 4. The van der Waals surface area contributed by atoms with Crippen LogP contribution in [0, 0.1) is 13.8 Å². The van der Waals surface area contributed by atoms with Crippen molar-refractivity contribution in [3.63, 3.8) is 0 Å². The summed E-state index contributed by atoms with van der Waals surface area (Å²) in [5.74, 6) is -2.24. The van der Waals surface area contributed by atoms with Gasteiger partial charge in [-0.25, -0.2) is 0 Å². The highest BCUT2D eigenvalue weighted by Crippen LogP contribution is 2.48. The lowest BCUT2D eigenvalue weighted by atomic mass is 9.96. The van der Waals surface area contributed by atoms with Crippen LogP contribution in [-0.4, -0.2) is 30.2 Å². The fourth-order valence-electron chi connectivity index (χ4n) is 5.24. The first-order chi connectivity index (χ1) is 20.8. The third-order valence-electron chi connectivity index (χ3n) is 7.69. The minimum absolute atomic E-state index is 0.00166. The Bertz CT molecular complexity index is 1710. The number of carbonyl (C=O) groups excluding carboxylic acids is 4. The fraction of sp³-hybridized carbons (Fsp3) is 0.200. The Morgan fingerprint density at radius 3 is 2.19 bits per heavy atom. The molecule has 1 saturated carbocycles. The van der Waals surface area contributed by atoms with E-state index in [0.717, 1.165) is 46.0 Å². The summed E-state index contributed by atoms with van der Waals surface area (Å²) >= 11 is 0. The molecule has 1 fully saturated rings. The number of hydrogen-bond donors (Lipinski definition) is 4. The fourth-order valence-corrected chi connectivity index (χ4v) is 5.24. The maximum Gasteiger partial charge on any atom is 0.309 e. The van der Waals surface area contributed by atoms with Crippen molar-refractivity contribution in [1.29, 1.82) is 0 Å². The second kappa shape index (κ2) is 12.7. The summed E-state index contributed by atoms with van der Waals surface area (Å²) in [6.45, 7) is 3.82. The van der Waals surface area contributed by atoms with Gasteiger partial charge in [-0.2, -0.15) is 0 Å². The number of fused-ring (bicyclic) bond motifs is 1. The second-order valence-electron chi connectivity index (χ2n) is 10.8. The van der Waals surface area contributed by atoms with Gasteiger partial charge in [0.25, 0.3) is 5.91 Å². The molecule has 8 heteroatoms. The van der Waals surface area contributed by atoms with Crippen molar-refractivity contribution in [1.82, 2.24) is 16.0 Å². The molecule has 0 heterocycles. The summed E-state index contributed by atoms with van der Waals surface area (Å²) in [4.78, 5) is 50.5. The number of amides is 4. The van der Waals surface area contributed by atoms with E-state index in [4.69, 9.17) is 0 Å². The van der Waals surface area contributed by atoms with Gasteiger partial charge in [-0.05, 0) is 65.8 Å². The van der Waals surface area contributed by atoms with Crippen LogP contribution in [0.25, 0.3) is 10.8 Å². The van der Waals surface area contributed by atoms with Gasteiger partial charge in [0, 0.05) is 30.4 Å². The SMILES string of the molecule is Cc1cccc(C)c1NC(=O)/C=C/CNC(=O)C(=O)NCc1ccccc1C(=O)NC1(c2cccc3ccccc23)CC1. The van der Waals surface area contributed by atoms with E-state index in [1.54, 1.807) is 24.3 Å². The van der Waals surface area contributed by atoms with Crippen molar-refractivity contribution < 1.29 is 19.2 Å². The largest absolute Gasteiger partial charge is 0.344 e. The van der Waals surface area contributed by atoms with Crippen LogP contribution in [0.3, 0.4) is 0 Å². The smallest absolute Gasteiger partial charge is 0.309 e. The van der Waals surface area contributed by atoms with Crippen LogP contribution in [0.1, 0.15) is 45.5 Å². The van der Waals surface area contributed by atoms with Crippen molar-refractivity contribution in [2.24, 2.45) is 0 Å². The molecule has 1 aliphatic carbocycles. The van der Waals surface area contributed by atoms with E-state index >= 15 is 0 Å². The lowest BCUT2D eigenvalue weighted by molar-refractivity contribution is -0.139. The van der Waals surface area contributed by atoms with Crippen molar-refractivity contribution in [3.8, 4) is 0 Å². The van der Waals surface area contributed by atoms with Gasteiger partial charge in [0.15, 0.2) is 0 Å². The molecule has 1 aliphatic rings. The minimum atomic E-state index is -0.838. The standard InChI is InChI=1S/C35H34N4O4/c1-23-10-7-11-24(2)31(23)38-30(40)18-9-21-36-33(42)34(43)37-22-26-13-4-6-16-28(26)32(41)39-35(19-20-35)29-17-8-14-25-12-3-5-15-27(25)29/h3-18H,19-22H2,1-2H3,(H,36,42)(H,37,43)(H,38,40)(H,39,41)/b18-9+. The lowest BCUT2D eigenvalue weighted by Gasteiger charge is -2.21. The van der Waals surface area contributed by atoms with Crippen molar-refractivity contribution in [3.05, 3.63) is 125 Å². The highest BCUT2D eigenvalue weighted by atomic mass is 16.2. The maximum atomic E-state index is 13.4. The van der Waals surface area contributed by atoms with Crippen molar-refractivity contribution >= 4 is 40.1 Å². The first-order valence-electron chi connectivity index (χ1n) is 14.3.